The molecule has 0 amide bonds. The molecule has 0 aliphatic rings. The summed E-state index contributed by atoms with van der Waals surface area (Å²) in [5, 5.41) is 0. The lowest BCUT2D eigenvalue weighted by molar-refractivity contribution is 0.498. The minimum atomic E-state index is -0.912. The van der Waals surface area contributed by atoms with E-state index in [1.807, 2.05) is 19.1 Å². The first-order valence-corrected chi connectivity index (χ1v) is 10.7. The highest BCUT2D eigenvalue weighted by atomic mass is 19.2. The molecule has 0 fully saturated rings. The van der Waals surface area contributed by atoms with Crippen LogP contribution in [0.5, 0.6) is 0 Å². The molecule has 0 saturated heterocycles. The van der Waals surface area contributed by atoms with Crippen molar-refractivity contribution in [3.05, 3.63) is 118 Å². The molecule has 0 atom stereocenters. The minimum Gasteiger partial charge on any atom is -0.203 e. The van der Waals surface area contributed by atoms with E-state index in [0.29, 0.717) is 23.1 Å². The van der Waals surface area contributed by atoms with Gasteiger partial charge in [0, 0.05) is 16.7 Å². The van der Waals surface area contributed by atoms with Gasteiger partial charge in [-0.25, -0.2) is 17.6 Å². The second-order valence-corrected chi connectivity index (χ2v) is 7.91. The molecule has 0 nitrogen and oxygen atoms in total. The third kappa shape index (κ3) is 4.61. The molecule has 0 N–H and O–H groups in total. The van der Waals surface area contributed by atoms with Crippen LogP contribution in [-0.2, 0) is 6.42 Å². The predicted molar refractivity (Wildman–Crippen MR) is 127 cm³/mol. The summed E-state index contributed by atoms with van der Waals surface area (Å²) in [6.45, 7) is 3.69. The van der Waals surface area contributed by atoms with E-state index in [9.17, 15) is 17.6 Å². The van der Waals surface area contributed by atoms with Crippen LogP contribution in [0.25, 0.3) is 34.4 Å². The molecule has 166 valence electrons. The Hall–Kier alpha value is -3.66. The van der Waals surface area contributed by atoms with Crippen molar-refractivity contribution in [2.45, 2.75) is 20.3 Å². The fourth-order valence-electron chi connectivity index (χ4n) is 3.69. The zero-order valence-electron chi connectivity index (χ0n) is 18.3. The lowest BCUT2D eigenvalue weighted by atomic mass is 9.97. The highest BCUT2D eigenvalue weighted by Gasteiger charge is 2.16. The van der Waals surface area contributed by atoms with E-state index in [4.69, 9.17) is 0 Å². The Morgan fingerprint density at radius 3 is 1.67 bits per heavy atom. The third-order valence-corrected chi connectivity index (χ3v) is 5.69. The van der Waals surface area contributed by atoms with Crippen LogP contribution in [0.1, 0.15) is 29.2 Å². The van der Waals surface area contributed by atoms with Crippen LogP contribution in [0.15, 0.2) is 72.8 Å². The van der Waals surface area contributed by atoms with Gasteiger partial charge in [0.15, 0.2) is 23.3 Å². The number of halogens is 4. The summed E-state index contributed by atoms with van der Waals surface area (Å²) in [5.74, 6) is -3.52. The average Bonchev–Trinajstić information content (AvgIpc) is 2.83. The van der Waals surface area contributed by atoms with Crippen molar-refractivity contribution < 1.29 is 17.6 Å². The van der Waals surface area contributed by atoms with Gasteiger partial charge in [-0.05, 0) is 35.6 Å². The van der Waals surface area contributed by atoms with Gasteiger partial charge in [-0.1, -0.05) is 97.4 Å². The summed E-state index contributed by atoms with van der Waals surface area (Å²) < 4.78 is 57.8. The smallest absolute Gasteiger partial charge is 0.167 e. The first-order chi connectivity index (χ1) is 15.9. The summed E-state index contributed by atoms with van der Waals surface area (Å²) in [5.41, 5.74) is 3.72. The summed E-state index contributed by atoms with van der Waals surface area (Å²) in [4.78, 5) is 0. The fraction of sp³-hybridized carbons (Fsp3) is 0.103. The normalized spacial score (nSPS) is 11.3. The number of hydrogen-bond acceptors (Lipinski definition) is 0. The number of aryl methyl sites for hydroxylation is 2. The van der Waals surface area contributed by atoms with Gasteiger partial charge in [0.1, 0.15) is 0 Å². The number of rotatable bonds is 5. The number of benzene rings is 4. The Morgan fingerprint density at radius 1 is 0.576 bits per heavy atom. The first-order valence-electron chi connectivity index (χ1n) is 10.7. The molecule has 0 aliphatic carbocycles. The second kappa shape index (κ2) is 9.45. The molecule has 0 heterocycles. The Balaban J connectivity index is 1.58. The van der Waals surface area contributed by atoms with E-state index in [1.54, 1.807) is 67.6 Å². The van der Waals surface area contributed by atoms with Crippen molar-refractivity contribution in [3.63, 3.8) is 0 Å². The van der Waals surface area contributed by atoms with Crippen LogP contribution >= 0.6 is 0 Å². The Kier molecular flexibility index (Phi) is 6.45. The van der Waals surface area contributed by atoms with Gasteiger partial charge in [0.05, 0.1) is 0 Å². The predicted octanol–water partition coefficient (Wildman–Crippen LogP) is 8.62. The lowest BCUT2D eigenvalue weighted by Crippen LogP contribution is -1.95. The zero-order chi connectivity index (χ0) is 23.5. The molecule has 4 aromatic carbocycles. The Labute approximate surface area is 190 Å². The zero-order valence-corrected chi connectivity index (χ0v) is 18.3. The van der Waals surface area contributed by atoms with Gasteiger partial charge in [0.25, 0.3) is 0 Å². The van der Waals surface area contributed by atoms with Gasteiger partial charge < -0.3 is 0 Å². The van der Waals surface area contributed by atoms with Gasteiger partial charge in [-0.3, -0.25) is 0 Å². The van der Waals surface area contributed by atoms with E-state index < -0.39 is 23.3 Å². The van der Waals surface area contributed by atoms with Crippen molar-refractivity contribution in [2.75, 3.05) is 0 Å². The van der Waals surface area contributed by atoms with Crippen LogP contribution in [0, 0.1) is 30.2 Å². The Bertz CT molecular complexity index is 1320. The molecule has 0 radical (unpaired) electrons. The monoisotopic (exact) mass is 446 g/mol. The van der Waals surface area contributed by atoms with Crippen molar-refractivity contribution >= 4 is 12.2 Å². The van der Waals surface area contributed by atoms with E-state index in [-0.39, 0.29) is 16.7 Å². The minimum absolute atomic E-state index is 0.147. The van der Waals surface area contributed by atoms with E-state index in [1.165, 1.54) is 12.1 Å². The molecule has 4 heteroatoms. The molecule has 0 bridgehead atoms. The number of hydrogen-bond donors (Lipinski definition) is 0. The maximum atomic E-state index is 14.9. The topological polar surface area (TPSA) is 0 Å². The standard InChI is InChI=1S/C29H22F4/c1-3-20-14-15-23(27(31)26(20)30)13-8-19-6-11-22(12-7-19)25-17-16-24(28(32)29(25)33)21-9-4-18(2)5-10-21/h4-17H,3H2,1-2H3/b13-8+. The highest BCUT2D eigenvalue weighted by Crippen LogP contribution is 2.32. The van der Waals surface area contributed by atoms with Crippen molar-refractivity contribution in [2.24, 2.45) is 0 Å². The molecular formula is C29H22F4. The molecule has 4 aromatic rings. The van der Waals surface area contributed by atoms with Gasteiger partial charge in [-0.15, -0.1) is 0 Å². The summed E-state index contributed by atoms with van der Waals surface area (Å²) in [6.07, 6.45) is 3.55. The molecule has 0 spiro atoms. The molecule has 33 heavy (non-hydrogen) atoms. The van der Waals surface area contributed by atoms with Gasteiger partial charge in [0.2, 0.25) is 0 Å². The summed E-state index contributed by atoms with van der Waals surface area (Å²) in [7, 11) is 0. The van der Waals surface area contributed by atoms with E-state index in [2.05, 4.69) is 0 Å². The van der Waals surface area contributed by atoms with Gasteiger partial charge in [-0.2, -0.15) is 0 Å². The van der Waals surface area contributed by atoms with E-state index >= 15 is 0 Å². The average molecular weight is 446 g/mol. The molecule has 0 unspecified atom stereocenters. The highest BCUT2D eigenvalue weighted by molar-refractivity contribution is 5.74. The summed E-state index contributed by atoms with van der Waals surface area (Å²) >= 11 is 0. The molecular weight excluding hydrogens is 424 g/mol. The summed E-state index contributed by atoms with van der Waals surface area (Å²) in [6, 6.07) is 20.2. The van der Waals surface area contributed by atoms with Crippen molar-refractivity contribution in [1.82, 2.24) is 0 Å². The van der Waals surface area contributed by atoms with Crippen molar-refractivity contribution in [1.29, 1.82) is 0 Å². The van der Waals surface area contributed by atoms with Crippen LogP contribution in [0.4, 0.5) is 17.6 Å². The van der Waals surface area contributed by atoms with Crippen molar-refractivity contribution in [3.8, 4) is 22.3 Å². The maximum absolute atomic E-state index is 14.9. The maximum Gasteiger partial charge on any atom is 0.167 e. The van der Waals surface area contributed by atoms with Crippen LogP contribution < -0.4 is 0 Å². The van der Waals surface area contributed by atoms with Crippen LogP contribution in [0.3, 0.4) is 0 Å². The van der Waals surface area contributed by atoms with Gasteiger partial charge >= 0.3 is 0 Å². The largest absolute Gasteiger partial charge is 0.203 e. The van der Waals surface area contributed by atoms with Crippen LogP contribution in [0.2, 0.25) is 0 Å². The SMILES string of the molecule is CCc1ccc(/C=C/c2ccc(-c3ccc(-c4ccc(C)cc4)c(F)c3F)cc2)c(F)c1F. The fourth-order valence-corrected chi connectivity index (χ4v) is 3.69. The van der Waals surface area contributed by atoms with E-state index in [0.717, 1.165) is 11.1 Å². The third-order valence-electron chi connectivity index (χ3n) is 5.69. The molecule has 4 rings (SSSR count). The second-order valence-electron chi connectivity index (χ2n) is 7.91. The molecule has 0 aliphatic heterocycles. The first kappa shape index (κ1) is 22.5. The lowest BCUT2D eigenvalue weighted by Gasteiger charge is -2.10. The Morgan fingerprint density at radius 2 is 1.12 bits per heavy atom. The quantitative estimate of drug-likeness (QED) is 0.213. The molecule has 0 aromatic heterocycles. The van der Waals surface area contributed by atoms with Crippen LogP contribution in [-0.4, -0.2) is 0 Å². The molecule has 0 saturated carbocycles.